The number of unbranched alkanes of at least 4 members (excludes halogenated alkanes) is 1. The summed E-state index contributed by atoms with van der Waals surface area (Å²) in [4.78, 5) is 26.4. The van der Waals surface area contributed by atoms with Crippen molar-refractivity contribution in [3.63, 3.8) is 0 Å². The minimum atomic E-state index is -3.03. The summed E-state index contributed by atoms with van der Waals surface area (Å²) in [5.41, 5.74) is 2.06. The number of hydrogen-bond donors (Lipinski definition) is 1. The van der Waals surface area contributed by atoms with Crippen LogP contribution in [0.15, 0.2) is 24.3 Å². The van der Waals surface area contributed by atoms with Crippen LogP contribution < -0.4 is 10.2 Å². The van der Waals surface area contributed by atoms with Gasteiger partial charge in [0.05, 0.1) is 17.4 Å². The van der Waals surface area contributed by atoms with Gasteiger partial charge in [0.1, 0.15) is 0 Å². The molecule has 6 nitrogen and oxygen atoms in total. The maximum absolute atomic E-state index is 12.4. The van der Waals surface area contributed by atoms with E-state index in [1.807, 2.05) is 24.3 Å². The molecule has 0 bridgehead atoms. The van der Waals surface area contributed by atoms with E-state index in [4.69, 9.17) is 0 Å². The third-order valence-corrected chi connectivity index (χ3v) is 6.91. The van der Waals surface area contributed by atoms with E-state index in [-0.39, 0.29) is 35.8 Å². The van der Waals surface area contributed by atoms with E-state index in [0.29, 0.717) is 13.0 Å². The fourth-order valence-electron chi connectivity index (χ4n) is 3.58. The molecule has 3 rings (SSSR count). The Kier molecular flexibility index (Phi) is 5.65. The van der Waals surface area contributed by atoms with Crippen molar-refractivity contribution < 1.29 is 18.0 Å². The molecule has 2 fully saturated rings. The Morgan fingerprint density at radius 2 is 2.00 bits per heavy atom. The molecule has 0 aliphatic carbocycles. The molecule has 0 aromatic heterocycles. The number of carbonyl (C=O) groups is 2. The lowest BCUT2D eigenvalue weighted by Gasteiger charge is -2.18. The smallest absolute Gasteiger partial charge is 0.227 e. The lowest BCUT2D eigenvalue weighted by molar-refractivity contribution is -0.126. The van der Waals surface area contributed by atoms with Gasteiger partial charge in [0, 0.05) is 24.7 Å². The summed E-state index contributed by atoms with van der Waals surface area (Å²) >= 11 is 0. The molecule has 1 N–H and O–H groups in total. The topological polar surface area (TPSA) is 83.6 Å². The SMILES string of the molecule is CCCCc1ccc(N2C[C@@H](C(=O)N[C@@H]3CCS(=O)(=O)C3)CC2=O)cc1. The molecule has 142 valence electrons. The molecule has 2 saturated heterocycles. The van der Waals surface area contributed by atoms with Crippen LogP contribution in [0.3, 0.4) is 0 Å². The molecule has 1 aromatic rings. The van der Waals surface area contributed by atoms with Gasteiger partial charge < -0.3 is 10.2 Å². The number of carbonyl (C=O) groups excluding carboxylic acids is 2. The first-order chi connectivity index (χ1) is 12.4. The van der Waals surface area contributed by atoms with Crippen LogP contribution in [0.25, 0.3) is 0 Å². The Morgan fingerprint density at radius 3 is 2.62 bits per heavy atom. The predicted octanol–water partition coefficient (Wildman–Crippen LogP) is 1.69. The monoisotopic (exact) mass is 378 g/mol. The zero-order chi connectivity index (χ0) is 18.7. The summed E-state index contributed by atoms with van der Waals surface area (Å²) < 4.78 is 23.0. The van der Waals surface area contributed by atoms with Crippen LogP contribution in [0.5, 0.6) is 0 Å². The molecule has 1 aromatic carbocycles. The van der Waals surface area contributed by atoms with Gasteiger partial charge >= 0.3 is 0 Å². The average Bonchev–Trinajstić information content (AvgIpc) is 3.15. The molecule has 0 radical (unpaired) electrons. The van der Waals surface area contributed by atoms with E-state index in [9.17, 15) is 18.0 Å². The van der Waals surface area contributed by atoms with E-state index in [1.165, 1.54) is 5.56 Å². The van der Waals surface area contributed by atoms with Crippen LogP contribution in [-0.4, -0.2) is 44.3 Å². The molecule has 2 heterocycles. The van der Waals surface area contributed by atoms with Gasteiger partial charge in [-0.25, -0.2) is 8.42 Å². The summed E-state index contributed by atoms with van der Waals surface area (Å²) in [6, 6.07) is 7.62. The highest BCUT2D eigenvalue weighted by atomic mass is 32.2. The number of sulfone groups is 1. The number of aryl methyl sites for hydroxylation is 1. The van der Waals surface area contributed by atoms with Crippen LogP contribution in [0, 0.1) is 5.92 Å². The molecular weight excluding hydrogens is 352 g/mol. The standard InChI is InChI=1S/C19H26N2O4S/c1-2-3-4-14-5-7-17(8-6-14)21-12-15(11-18(21)22)19(23)20-16-9-10-26(24,25)13-16/h5-8,15-16H,2-4,9-13H2,1H3,(H,20,23)/t15-,16+/m0/s1. The van der Waals surface area contributed by atoms with Crippen molar-refractivity contribution in [3.05, 3.63) is 29.8 Å². The lowest BCUT2D eigenvalue weighted by atomic mass is 10.1. The largest absolute Gasteiger partial charge is 0.352 e. The first-order valence-corrected chi connectivity index (χ1v) is 11.1. The predicted molar refractivity (Wildman–Crippen MR) is 101 cm³/mol. The van der Waals surface area contributed by atoms with Gasteiger partial charge in [-0.15, -0.1) is 0 Å². The molecule has 0 unspecified atom stereocenters. The highest BCUT2D eigenvalue weighted by Gasteiger charge is 2.37. The van der Waals surface area contributed by atoms with E-state index < -0.39 is 15.8 Å². The van der Waals surface area contributed by atoms with Crippen molar-refractivity contribution in [1.82, 2.24) is 5.32 Å². The van der Waals surface area contributed by atoms with Crippen molar-refractivity contribution in [2.75, 3.05) is 23.0 Å². The molecule has 2 atom stereocenters. The van der Waals surface area contributed by atoms with Gasteiger partial charge in [-0.05, 0) is 37.0 Å². The van der Waals surface area contributed by atoms with Gasteiger partial charge in [0.15, 0.2) is 9.84 Å². The second-order valence-electron chi connectivity index (χ2n) is 7.28. The zero-order valence-corrected chi connectivity index (χ0v) is 15.9. The Balaban J connectivity index is 1.58. The van der Waals surface area contributed by atoms with E-state index in [2.05, 4.69) is 12.2 Å². The number of anilines is 1. The number of benzene rings is 1. The van der Waals surface area contributed by atoms with Crippen molar-refractivity contribution in [2.24, 2.45) is 5.92 Å². The maximum Gasteiger partial charge on any atom is 0.227 e. The summed E-state index contributed by atoms with van der Waals surface area (Å²) in [7, 11) is -3.03. The molecule has 2 aliphatic heterocycles. The number of hydrogen-bond acceptors (Lipinski definition) is 4. The highest BCUT2D eigenvalue weighted by molar-refractivity contribution is 7.91. The van der Waals surface area contributed by atoms with Crippen molar-refractivity contribution in [2.45, 2.75) is 45.1 Å². The van der Waals surface area contributed by atoms with Crippen LogP contribution >= 0.6 is 0 Å². The van der Waals surface area contributed by atoms with Crippen LogP contribution in [0.2, 0.25) is 0 Å². The summed E-state index contributed by atoms with van der Waals surface area (Å²) in [5.74, 6) is -0.584. The molecule has 0 saturated carbocycles. The molecule has 2 amide bonds. The quantitative estimate of drug-likeness (QED) is 0.816. The summed E-state index contributed by atoms with van der Waals surface area (Å²) in [5, 5.41) is 2.80. The Labute approximate surface area is 154 Å². The first kappa shape index (κ1) is 18.9. The second kappa shape index (κ2) is 7.78. The fraction of sp³-hybridized carbons (Fsp3) is 0.579. The van der Waals surface area contributed by atoms with Crippen molar-refractivity contribution in [1.29, 1.82) is 0 Å². The van der Waals surface area contributed by atoms with Gasteiger partial charge in [0.2, 0.25) is 11.8 Å². The minimum Gasteiger partial charge on any atom is -0.352 e. The number of nitrogens with one attached hydrogen (secondary N) is 1. The van der Waals surface area contributed by atoms with Gasteiger partial charge in [0.25, 0.3) is 0 Å². The maximum atomic E-state index is 12.4. The number of nitrogens with zero attached hydrogens (tertiary/aromatic N) is 1. The minimum absolute atomic E-state index is 0.00232. The zero-order valence-electron chi connectivity index (χ0n) is 15.1. The highest BCUT2D eigenvalue weighted by Crippen LogP contribution is 2.26. The molecule has 0 spiro atoms. The van der Waals surface area contributed by atoms with Gasteiger partial charge in [-0.3, -0.25) is 9.59 Å². The van der Waals surface area contributed by atoms with E-state index >= 15 is 0 Å². The van der Waals surface area contributed by atoms with Crippen molar-refractivity contribution in [3.8, 4) is 0 Å². The fourth-order valence-corrected chi connectivity index (χ4v) is 5.26. The van der Waals surface area contributed by atoms with Crippen LogP contribution in [0.1, 0.15) is 38.2 Å². The normalized spacial score (nSPS) is 24.8. The van der Waals surface area contributed by atoms with Crippen LogP contribution in [-0.2, 0) is 25.8 Å². The van der Waals surface area contributed by atoms with E-state index in [1.54, 1.807) is 4.90 Å². The van der Waals surface area contributed by atoms with Gasteiger partial charge in [-0.2, -0.15) is 0 Å². The Morgan fingerprint density at radius 1 is 1.27 bits per heavy atom. The number of rotatable bonds is 6. The summed E-state index contributed by atoms with van der Waals surface area (Å²) in [6.07, 6.45) is 3.94. The van der Waals surface area contributed by atoms with E-state index in [0.717, 1.165) is 24.9 Å². The lowest BCUT2D eigenvalue weighted by Crippen LogP contribution is -2.40. The molecule has 26 heavy (non-hydrogen) atoms. The summed E-state index contributed by atoms with van der Waals surface area (Å²) in [6.45, 7) is 2.50. The van der Waals surface area contributed by atoms with Gasteiger partial charge in [-0.1, -0.05) is 25.5 Å². The number of amides is 2. The molecule has 7 heteroatoms. The van der Waals surface area contributed by atoms with Crippen molar-refractivity contribution >= 4 is 27.3 Å². The second-order valence-corrected chi connectivity index (χ2v) is 9.51. The third-order valence-electron chi connectivity index (χ3n) is 5.14. The van der Waals surface area contributed by atoms with Crippen LogP contribution in [0.4, 0.5) is 5.69 Å². The first-order valence-electron chi connectivity index (χ1n) is 9.28. The Hall–Kier alpha value is -1.89. The third kappa shape index (κ3) is 4.44. The average molecular weight is 378 g/mol. The Bertz CT molecular complexity index is 773. The molecule has 2 aliphatic rings. The molecular formula is C19H26N2O4S.